The van der Waals surface area contributed by atoms with Gasteiger partial charge in [-0.05, 0) is 30.7 Å². The Kier molecular flexibility index (Phi) is 4.06. The first-order valence-electron chi connectivity index (χ1n) is 5.63. The highest BCUT2D eigenvalue weighted by molar-refractivity contribution is 8.00. The predicted octanol–water partition coefficient (Wildman–Crippen LogP) is 2.00. The third-order valence-electron chi connectivity index (χ3n) is 2.33. The van der Waals surface area contributed by atoms with E-state index in [-0.39, 0.29) is 17.7 Å². The van der Waals surface area contributed by atoms with Gasteiger partial charge in [0.05, 0.1) is 5.75 Å². The van der Waals surface area contributed by atoms with Crippen molar-refractivity contribution in [3.8, 4) is 0 Å². The molecule has 1 aromatic heterocycles. The Bertz CT molecular complexity index is 597. The predicted molar refractivity (Wildman–Crippen MR) is 74.0 cm³/mol. The average Bonchev–Trinajstić information content (AvgIpc) is 2.73. The van der Waals surface area contributed by atoms with E-state index in [1.54, 1.807) is 6.92 Å². The average molecular weight is 278 g/mol. The Morgan fingerprint density at radius 3 is 2.84 bits per heavy atom. The third-order valence-corrected chi connectivity index (χ3v) is 3.51. The summed E-state index contributed by atoms with van der Waals surface area (Å²) >= 11 is 1.43. The van der Waals surface area contributed by atoms with Crippen molar-refractivity contribution in [1.29, 1.82) is 0 Å². The van der Waals surface area contributed by atoms with E-state index >= 15 is 0 Å². The van der Waals surface area contributed by atoms with E-state index < -0.39 is 0 Å². The number of carbonyl (C=O) groups is 1. The molecular weight excluding hydrogens is 264 g/mol. The Balaban J connectivity index is 1.89. The molecule has 19 heavy (non-hydrogen) atoms. The molecule has 0 atom stereocenters. The van der Waals surface area contributed by atoms with Gasteiger partial charge in [0.1, 0.15) is 0 Å². The number of nitrogens with two attached hydrogens (primary N) is 1. The number of anilines is 2. The lowest BCUT2D eigenvalue weighted by molar-refractivity contribution is -0.113. The molecule has 7 heteroatoms. The molecule has 0 saturated heterocycles. The highest BCUT2D eigenvalue weighted by Gasteiger charge is 2.09. The number of hydrogen-bond donors (Lipinski definition) is 2. The molecule has 0 aliphatic carbocycles. The zero-order chi connectivity index (χ0) is 13.8. The first-order valence-corrected chi connectivity index (χ1v) is 6.62. The molecule has 0 radical (unpaired) electrons. The standard InChI is InChI=1S/C12H14N4O2S/c1-7-5-9(13)3-4-10(7)19-6-11(17)14-12-16-15-8(2)18-12/h3-5H,6,13H2,1-2H3,(H,14,16,17). The fraction of sp³-hybridized carbons (Fsp3) is 0.250. The highest BCUT2D eigenvalue weighted by atomic mass is 32.2. The molecule has 3 N–H and O–H groups in total. The smallest absolute Gasteiger partial charge is 0.322 e. The summed E-state index contributed by atoms with van der Waals surface area (Å²) in [7, 11) is 0. The van der Waals surface area contributed by atoms with Gasteiger partial charge in [0.15, 0.2) is 0 Å². The van der Waals surface area contributed by atoms with Crippen molar-refractivity contribution in [2.24, 2.45) is 0 Å². The summed E-state index contributed by atoms with van der Waals surface area (Å²) in [6.07, 6.45) is 0. The maximum Gasteiger partial charge on any atom is 0.322 e. The van der Waals surface area contributed by atoms with Crippen LogP contribution in [0.25, 0.3) is 0 Å². The van der Waals surface area contributed by atoms with Crippen molar-refractivity contribution < 1.29 is 9.21 Å². The van der Waals surface area contributed by atoms with Gasteiger partial charge in [0.2, 0.25) is 11.8 Å². The van der Waals surface area contributed by atoms with Crippen LogP contribution in [0.5, 0.6) is 0 Å². The van der Waals surface area contributed by atoms with E-state index in [1.807, 2.05) is 25.1 Å². The maximum absolute atomic E-state index is 11.7. The van der Waals surface area contributed by atoms with Crippen LogP contribution in [0.3, 0.4) is 0 Å². The van der Waals surface area contributed by atoms with Gasteiger partial charge in [-0.2, -0.15) is 0 Å². The fourth-order valence-electron chi connectivity index (χ4n) is 1.48. The normalized spacial score (nSPS) is 10.4. The number of thioether (sulfide) groups is 1. The number of nitrogens with one attached hydrogen (secondary N) is 1. The fourth-order valence-corrected chi connectivity index (χ4v) is 2.29. The van der Waals surface area contributed by atoms with E-state index in [1.165, 1.54) is 11.8 Å². The second kappa shape index (κ2) is 5.75. The molecule has 0 bridgehead atoms. The lowest BCUT2D eigenvalue weighted by Gasteiger charge is -2.05. The topological polar surface area (TPSA) is 94.0 Å². The summed E-state index contributed by atoms with van der Waals surface area (Å²) in [5, 5.41) is 9.86. The molecule has 0 unspecified atom stereocenters. The van der Waals surface area contributed by atoms with E-state index in [2.05, 4.69) is 15.5 Å². The molecule has 1 aromatic carbocycles. The molecule has 0 aliphatic rings. The van der Waals surface area contributed by atoms with Crippen LogP contribution in [0.1, 0.15) is 11.5 Å². The van der Waals surface area contributed by atoms with Gasteiger partial charge in [0, 0.05) is 17.5 Å². The minimum absolute atomic E-state index is 0.122. The molecule has 0 fully saturated rings. The monoisotopic (exact) mass is 278 g/mol. The Morgan fingerprint density at radius 1 is 1.42 bits per heavy atom. The van der Waals surface area contributed by atoms with Crippen LogP contribution in [-0.2, 0) is 4.79 Å². The molecular formula is C12H14N4O2S. The molecule has 0 spiro atoms. The SMILES string of the molecule is Cc1nnc(NC(=O)CSc2ccc(N)cc2C)o1. The zero-order valence-electron chi connectivity index (χ0n) is 10.6. The Labute approximate surface area is 114 Å². The van der Waals surface area contributed by atoms with Gasteiger partial charge in [-0.1, -0.05) is 5.10 Å². The number of aryl methyl sites for hydroxylation is 2. The van der Waals surface area contributed by atoms with Crippen molar-refractivity contribution in [3.63, 3.8) is 0 Å². The van der Waals surface area contributed by atoms with E-state index in [9.17, 15) is 4.79 Å². The second-order valence-electron chi connectivity index (χ2n) is 3.99. The number of amides is 1. The highest BCUT2D eigenvalue weighted by Crippen LogP contribution is 2.24. The van der Waals surface area contributed by atoms with Crippen LogP contribution in [0.15, 0.2) is 27.5 Å². The van der Waals surface area contributed by atoms with Crippen LogP contribution in [0.4, 0.5) is 11.7 Å². The summed E-state index contributed by atoms with van der Waals surface area (Å²) < 4.78 is 5.07. The Hall–Kier alpha value is -2.02. The van der Waals surface area contributed by atoms with Crippen LogP contribution in [-0.4, -0.2) is 21.9 Å². The second-order valence-corrected chi connectivity index (χ2v) is 5.01. The zero-order valence-corrected chi connectivity index (χ0v) is 11.5. The van der Waals surface area contributed by atoms with Gasteiger partial charge in [-0.3, -0.25) is 10.1 Å². The first-order chi connectivity index (χ1) is 9.04. The van der Waals surface area contributed by atoms with E-state index in [0.717, 1.165) is 10.5 Å². The minimum Gasteiger partial charge on any atom is -0.408 e. The molecule has 1 amide bonds. The number of benzene rings is 1. The van der Waals surface area contributed by atoms with Crippen molar-refractivity contribution in [1.82, 2.24) is 10.2 Å². The maximum atomic E-state index is 11.7. The summed E-state index contributed by atoms with van der Waals surface area (Å²) in [5.41, 5.74) is 7.43. The minimum atomic E-state index is -0.190. The molecule has 1 heterocycles. The van der Waals surface area contributed by atoms with E-state index in [4.69, 9.17) is 10.2 Å². The molecule has 0 saturated carbocycles. The number of hydrogen-bond acceptors (Lipinski definition) is 6. The van der Waals surface area contributed by atoms with Crippen LogP contribution in [0, 0.1) is 13.8 Å². The number of nitrogen functional groups attached to an aromatic ring is 1. The van der Waals surface area contributed by atoms with Gasteiger partial charge >= 0.3 is 6.01 Å². The van der Waals surface area contributed by atoms with Crippen molar-refractivity contribution in [2.45, 2.75) is 18.7 Å². The lowest BCUT2D eigenvalue weighted by atomic mass is 10.2. The summed E-state index contributed by atoms with van der Waals surface area (Å²) in [6, 6.07) is 5.72. The number of rotatable bonds is 4. The van der Waals surface area contributed by atoms with Crippen molar-refractivity contribution in [2.75, 3.05) is 16.8 Å². The molecule has 6 nitrogen and oxygen atoms in total. The van der Waals surface area contributed by atoms with Crippen LogP contribution >= 0.6 is 11.8 Å². The molecule has 100 valence electrons. The molecule has 2 rings (SSSR count). The summed E-state index contributed by atoms with van der Waals surface area (Å²) in [5.74, 6) is 0.494. The first kappa shape index (κ1) is 13.4. The largest absolute Gasteiger partial charge is 0.408 e. The summed E-state index contributed by atoms with van der Waals surface area (Å²) in [4.78, 5) is 12.7. The van der Waals surface area contributed by atoms with Gasteiger partial charge in [0.25, 0.3) is 0 Å². The van der Waals surface area contributed by atoms with Gasteiger partial charge in [-0.25, -0.2) is 0 Å². The van der Waals surface area contributed by atoms with Gasteiger partial charge in [-0.15, -0.1) is 16.9 Å². The van der Waals surface area contributed by atoms with Crippen molar-refractivity contribution in [3.05, 3.63) is 29.7 Å². The molecule has 2 aromatic rings. The van der Waals surface area contributed by atoms with Crippen molar-refractivity contribution >= 4 is 29.4 Å². The van der Waals surface area contributed by atoms with Gasteiger partial charge < -0.3 is 10.2 Å². The third kappa shape index (κ3) is 3.72. The molecule has 0 aliphatic heterocycles. The Morgan fingerprint density at radius 2 is 2.21 bits per heavy atom. The number of aromatic nitrogens is 2. The quantitative estimate of drug-likeness (QED) is 0.656. The number of carbonyl (C=O) groups excluding carboxylic acids is 1. The number of nitrogens with zero attached hydrogens (tertiary/aromatic N) is 2. The summed E-state index contributed by atoms with van der Waals surface area (Å²) in [6.45, 7) is 3.62. The van der Waals surface area contributed by atoms with Crippen LogP contribution < -0.4 is 11.1 Å². The van der Waals surface area contributed by atoms with E-state index in [0.29, 0.717) is 11.6 Å². The van der Waals surface area contributed by atoms with Crippen LogP contribution in [0.2, 0.25) is 0 Å². The lowest BCUT2D eigenvalue weighted by Crippen LogP contribution is -2.14.